The average Bonchev–Trinajstić information content (AvgIpc) is 2.60. The van der Waals surface area contributed by atoms with Crippen LogP contribution in [-0.2, 0) is 14.3 Å². The van der Waals surface area contributed by atoms with Gasteiger partial charge in [-0.15, -0.1) is 0 Å². The number of piperidine rings is 1. The van der Waals surface area contributed by atoms with Gasteiger partial charge in [0, 0.05) is 32.2 Å². The molecule has 2 aliphatic heterocycles. The van der Waals surface area contributed by atoms with Gasteiger partial charge in [0.25, 0.3) is 5.91 Å². The van der Waals surface area contributed by atoms with Crippen LogP contribution in [0.1, 0.15) is 19.3 Å². The largest absolute Gasteiger partial charge is 0.484 e. The summed E-state index contributed by atoms with van der Waals surface area (Å²) in [5.41, 5.74) is -0.0618. The molecule has 23 heavy (non-hydrogen) atoms. The van der Waals surface area contributed by atoms with Gasteiger partial charge in [0.2, 0.25) is 0 Å². The molecule has 0 saturated carbocycles. The fourth-order valence-electron chi connectivity index (χ4n) is 3.75. The molecule has 2 unspecified atom stereocenters. The Bertz CT molecular complexity index is 517. The zero-order valence-corrected chi connectivity index (χ0v) is 13.7. The van der Waals surface area contributed by atoms with Crippen molar-refractivity contribution in [2.45, 2.75) is 25.4 Å². The number of amides is 1. The first-order valence-electron chi connectivity index (χ1n) is 8.30. The molecule has 2 fully saturated rings. The zero-order valence-electron chi connectivity index (χ0n) is 13.7. The number of fused-ring (bicyclic) bond motifs is 1. The van der Waals surface area contributed by atoms with Crippen molar-refractivity contribution in [2.75, 3.05) is 40.0 Å². The number of carbonyl (C=O) groups is 1. The summed E-state index contributed by atoms with van der Waals surface area (Å²) >= 11 is 0. The minimum absolute atomic E-state index is 0.0355. The van der Waals surface area contributed by atoms with Crippen LogP contribution in [0, 0.1) is 5.41 Å². The first-order chi connectivity index (χ1) is 11.2. The molecule has 5 nitrogen and oxygen atoms in total. The van der Waals surface area contributed by atoms with Crippen molar-refractivity contribution in [3.8, 4) is 5.75 Å². The maximum absolute atomic E-state index is 12.5. The number of benzene rings is 1. The third-order valence-electron chi connectivity index (χ3n) is 4.88. The molecule has 5 heteroatoms. The number of hydrogen-bond acceptors (Lipinski definition) is 4. The second-order valence-corrected chi connectivity index (χ2v) is 6.46. The summed E-state index contributed by atoms with van der Waals surface area (Å²) in [5, 5.41) is 0. The standard InChI is InChI=1S/C18H25NO4/c1-21-14-18-9-5-11-22-16(18)8-10-19(13-18)17(20)12-23-15-6-3-2-4-7-15/h2-4,6-7,16H,5,8-14H2,1H3. The van der Waals surface area contributed by atoms with Crippen LogP contribution < -0.4 is 4.74 Å². The van der Waals surface area contributed by atoms with Crippen molar-refractivity contribution in [2.24, 2.45) is 5.41 Å². The molecule has 1 aromatic carbocycles. The Morgan fingerprint density at radius 1 is 1.39 bits per heavy atom. The van der Waals surface area contributed by atoms with Crippen molar-refractivity contribution >= 4 is 5.91 Å². The van der Waals surface area contributed by atoms with Crippen molar-refractivity contribution in [1.82, 2.24) is 4.90 Å². The van der Waals surface area contributed by atoms with Crippen LogP contribution in [0.3, 0.4) is 0 Å². The third-order valence-corrected chi connectivity index (χ3v) is 4.88. The average molecular weight is 319 g/mol. The molecular formula is C18H25NO4. The first-order valence-corrected chi connectivity index (χ1v) is 8.30. The van der Waals surface area contributed by atoms with E-state index in [1.54, 1.807) is 7.11 Å². The number of nitrogens with zero attached hydrogens (tertiary/aromatic N) is 1. The van der Waals surface area contributed by atoms with Crippen LogP contribution >= 0.6 is 0 Å². The van der Waals surface area contributed by atoms with E-state index in [9.17, 15) is 4.79 Å². The van der Waals surface area contributed by atoms with Gasteiger partial charge >= 0.3 is 0 Å². The summed E-state index contributed by atoms with van der Waals surface area (Å²) in [7, 11) is 1.72. The maximum Gasteiger partial charge on any atom is 0.260 e. The molecule has 0 N–H and O–H groups in total. The van der Waals surface area contributed by atoms with Crippen LogP contribution in [0.25, 0.3) is 0 Å². The Hall–Kier alpha value is -1.59. The van der Waals surface area contributed by atoms with Gasteiger partial charge in [-0.3, -0.25) is 4.79 Å². The lowest BCUT2D eigenvalue weighted by Gasteiger charge is -2.50. The number of methoxy groups -OCH3 is 1. The number of hydrogen-bond donors (Lipinski definition) is 0. The topological polar surface area (TPSA) is 48.0 Å². The summed E-state index contributed by atoms with van der Waals surface area (Å²) in [4.78, 5) is 14.4. The Balaban J connectivity index is 1.60. The summed E-state index contributed by atoms with van der Waals surface area (Å²) in [6.45, 7) is 2.97. The van der Waals surface area contributed by atoms with E-state index in [1.807, 2.05) is 35.2 Å². The quantitative estimate of drug-likeness (QED) is 0.834. The van der Waals surface area contributed by atoms with E-state index in [2.05, 4.69) is 0 Å². The number of rotatable bonds is 5. The highest BCUT2D eigenvalue weighted by Crippen LogP contribution is 2.40. The molecule has 0 aliphatic carbocycles. The van der Waals surface area contributed by atoms with E-state index in [0.717, 1.165) is 38.2 Å². The fourth-order valence-corrected chi connectivity index (χ4v) is 3.75. The minimum Gasteiger partial charge on any atom is -0.484 e. The monoisotopic (exact) mass is 319 g/mol. The first kappa shape index (κ1) is 16.3. The predicted octanol–water partition coefficient (Wildman–Crippen LogP) is 2.11. The molecule has 1 aromatic rings. The lowest BCUT2D eigenvalue weighted by molar-refractivity contribution is -0.163. The Morgan fingerprint density at radius 3 is 3.00 bits per heavy atom. The van der Waals surface area contributed by atoms with Crippen molar-refractivity contribution in [3.05, 3.63) is 30.3 Å². The predicted molar refractivity (Wildman–Crippen MR) is 86.4 cm³/mol. The molecule has 0 radical (unpaired) electrons. The molecule has 2 atom stereocenters. The second-order valence-electron chi connectivity index (χ2n) is 6.46. The summed E-state index contributed by atoms with van der Waals surface area (Å²) < 4.78 is 17.0. The summed E-state index contributed by atoms with van der Waals surface area (Å²) in [5.74, 6) is 0.761. The third kappa shape index (κ3) is 3.67. The second kappa shape index (κ2) is 7.32. The molecule has 1 amide bonds. The van der Waals surface area contributed by atoms with E-state index in [0.29, 0.717) is 13.2 Å². The van der Waals surface area contributed by atoms with Gasteiger partial charge in [0.1, 0.15) is 5.75 Å². The van der Waals surface area contributed by atoms with Gasteiger partial charge < -0.3 is 19.1 Å². The Labute approximate surface area is 137 Å². The minimum atomic E-state index is -0.0618. The van der Waals surface area contributed by atoms with Gasteiger partial charge in [-0.2, -0.15) is 0 Å². The Kier molecular flexibility index (Phi) is 5.18. The molecule has 2 heterocycles. The molecule has 2 aliphatic rings. The van der Waals surface area contributed by atoms with Crippen molar-refractivity contribution in [3.63, 3.8) is 0 Å². The normalized spacial score (nSPS) is 27.3. The highest BCUT2D eigenvalue weighted by molar-refractivity contribution is 5.78. The highest BCUT2D eigenvalue weighted by atomic mass is 16.5. The van der Waals surface area contributed by atoms with Crippen LogP contribution in [0.15, 0.2) is 30.3 Å². The van der Waals surface area contributed by atoms with Crippen LogP contribution in [0.4, 0.5) is 0 Å². The van der Waals surface area contributed by atoms with Crippen LogP contribution in [-0.4, -0.2) is 56.9 Å². The molecular weight excluding hydrogens is 294 g/mol. The molecule has 126 valence electrons. The number of para-hydroxylation sites is 1. The van der Waals surface area contributed by atoms with Crippen LogP contribution in [0.5, 0.6) is 5.75 Å². The lowest BCUT2D eigenvalue weighted by Crippen LogP contribution is -2.58. The maximum atomic E-state index is 12.5. The fraction of sp³-hybridized carbons (Fsp3) is 0.611. The van der Waals surface area contributed by atoms with Gasteiger partial charge in [-0.1, -0.05) is 18.2 Å². The van der Waals surface area contributed by atoms with E-state index in [4.69, 9.17) is 14.2 Å². The Morgan fingerprint density at radius 2 is 2.22 bits per heavy atom. The van der Waals surface area contributed by atoms with Gasteiger partial charge in [-0.05, 0) is 31.4 Å². The number of ether oxygens (including phenoxy) is 3. The van der Waals surface area contributed by atoms with E-state index < -0.39 is 0 Å². The highest BCUT2D eigenvalue weighted by Gasteiger charge is 2.47. The van der Waals surface area contributed by atoms with Gasteiger partial charge in [0.05, 0.1) is 12.7 Å². The number of carbonyl (C=O) groups excluding carboxylic acids is 1. The smallest absolute Gasteiger partial charge is 0.260 e. The van der Waals surface area contributed by atoms with Crippen molar-refractivity contribution in [1.29, 1.82) is 0 Å². The van der Waals surface area contributed by atoms with Gasteiger partial charge in [0.15, 0.2) is 6.61 Å². The van der Waals surface area contributed by atoms with E-state index >= 15 is 0 Å². The number of likely N-dealkylation sites (tertiary alicyclic amines) is 1. The molecule has 3 rings (SSSR count). The summed E-state index contributed by atoms with van der Waals surface area (Å²) in [6, 6.07) is 9.45. The summed E-state index contributed by atoms with van der Waals surface area (Å²) in [6.07, 6.45) is 3.16. The van der Waals surface area contributed by atoms with E-state index in [-0.39, 0.29) is 24.0 Å². The van der Waals surface area contributed by atoms with Crippen molar-refractivity contribution < 1.29 is 19.0 Å². The zero-order chi connectivity index (χ0) is 16.1. The van der Waals surface area contributed by atoms with Gasteiger partial charge in [-0.25, -0.2) is 0 Å². The molecule has 0 spiro atoms. The SMILES string of the molecule is COCC12CCCOC1CCN(C(=O)COc1ccccc1)C2. The van der Waals surface area contributed by atoms with E-state index in [1.165, 1.54) is 0 Å². The molecule has 0 bridgehead atoms. The molecule has 2 saturated heterocycles. The molecule has 0 aromatic heterocycles. The van der Waals surface area contributed by atoms with Crippen LogP contribution in [0.2, 0.25) is 0 Å². The lowest BCUT2D eigenvalue weighted by atomic mass is 9.73.